The van der Waals surface area contributed by atoms with Crippen molar-refractivity contribution in [3.63, 3.8) is 0 Å². The minimum atomic E-state index is -0.0506. The molecule has 0 radical (unpaired) electrons. The summed E-state index contributed by atoms with van der Waals surface area (Å²) >= 11 is 0. The Balaban J connectivity index is 1.16. The fourth-order valence-corrected chi connectivity index (χ4v) is 13.6. The quantitative estimate of drug-likeness (QED) is 0.164. The topological polar surface area (TPSA) is 6.48 Å². The van der Waals surface area contributed by atoms with E-state index in [1.807, 2.05) is 0 Å². The predicted octanol–water partition coefficient (Wildman–Crippen LogP) is 14.0. The third kappa shape index (κ3) is 5.73. The molecule has 314 valence electrons. The molecule has 0 aromatic heterocycles. The van der Waals surface area contributed by atoms with Gasteiger partial charge in [-0.15, -0.1) is 0 Å². The van der Waals surface area contributed by atoms with Crippen LogP contribution < -0.4 is 26.2 Å². The molecule has 0 saturated heterocycles. The smallest absolute Gasteiger partial charge is 0.252 e. The number of benzene rings is 5. The average molecular weight is 805 g/mol. The van der Waals surface area contributed by atoms with E-state index in [4.69, 9.17) is 0 Å². The van der Waals surface area contributed by atoms with Crippen LogP contribution in [0.3, 0.4) is 0 Å². The molecule has 61 heavy (non-hydrogen) atoms. The monoisotopic (exact) mass is 805 g/mol. The van der Waals surface area contributed by atoms with Crippen molar-refractivity contribution >= 4 is 57.2 Å². The molecule has 0 N–H and O–H groups in total. The van der Waals surface area contributed by atoms with E-state index in [-0.39, 0.29) is 23.0 Å². The Labute approximate surface area is 368 Å². The maximum atomic E-state index is 2.70. The van der Waals surface area contributed by atoms with Gasteiger partial charge in [-0.2, -0.15) is 0 Å². The Kier molecular flexibility index (Phi) is 8.24. The summed E-state index contributed by atoms with van der Waals surface area (Å²) in [6.07, 6.45) is 5.46. The Morgan fingerprint density at radius 2 is 0.869 bits per heavy atom. The van der Waals surface area contributed by atoms with Gasteiger partial charge in [0.1, 0.15) is 0 Å². The lowest BCUT2D eigenvalue weighted by molar-refractivity contribution is 0.0473. The summed E-state index contributed by atoms with van der Waals surface area (Å²) in [5.41, 5.74) is 20.3. The number of anilines is 6. The molecule has 6 unspecified atom stereocenters. The Morgan fingerprint density at radius 3 is 1.33 bits per heavy atom. The molecule has 6 aliphatic carbocycles. The van der Waals surface area contributed by atoms with Crippen molar-refractivity contribution in [2.45, 2.75) is 144 Å². The van der Waals surface area contributed by atoms with Crippen LogP contribution in [0.15, 0.2) is 97.1 Å². The molecule has 5 aromatic carbocycles. The van der Waals surface area contributed by atoms with E-state index in [1.165, 1.54) is 98.4 Å². The Bertz CT molecular complexity index is 2590. The van der Waals surface area contributed by atoms with E-state index < -0.39 is 0 Å². The first-order chi connectivity index (χ1) is 28.6. The van der Waals surface area contributed by atoms with E-state index in [1.54, 1.807) is 5.56 Å². The summed E-state index contributed by atoms with van der Waals surface area (Å²) in [5.74, 6) is 4.60. The number of hydrogen-bond donors (Lipinski definition) is 0. The van der Waals surface area contributed by atoms with Crippen LogP contribution in [-0.4, -0.2) is 6.71 Å². The van der Waals surface area contributed by atoms with Crippen molar-refractivity contribution in [3.05, 3.63) is 125 Å². The van der Waals surface area contributed by atoms with Gasteiger partial charge in [0, 0.05) is 34.1 Å². The molecule has 2 nitrogen and oxygen atoms in total. The fourth-order valence-electron chi connectivity index (χ4n) is 13.6. The molecule has 13 rings (SSSR count). The first-order valence-electron chi connectivity index (χ1n) is 23.9. The summed E-state index contributed by atoms with van der Waals surface area (Å²) in [7, 11) is 0. The SMILES string of the molecule is CC(C)(C)c1ccc(N2c3ccc(C(C)(C)C)cc3B3c4cc(C5CC6CC5C6(C)C)ccc4N(c4ccc(C5CC6CC5C6(C)C)cc4)c4cc(C(C)(C)C)cc2c43)cc1. The molecule has 0 spiro atoms. The molecule has 4 bridgehead atoms. The second-order valence-corrected chi connectivity index (χ2v) is 24.9. The van der Waals surface area contributed by atoms with Gasteiger partial charge in [-0.05, 0) is 181 Å². The molecule has 5 aromatic rings. The molecule has 8 aliphatic rings. The van der Waals surface area contributed by atoms with Crippen LogP contribution in [0.4, 0.5) is 34.1 Å². The molecule has 6 atom stereocenters. The van der Waals surface area contributed by atoms with Gasteiger partial charge in [0.25, 0.3) is 6.71 Å². The Hall–Kier alpha value is -4.24. The minimum absolute atomic E-state index is 0.0198. The van der Waals surface area contributed by atoms with E-state index >= 15 is 0 Å². The van der Waals surface area contributed by atoms with Gasteiger partial charge >= 0.3 is 0 Å². The summed E-state index contributed by atoms with van der Waals surface area (Å²) < 4.78 is 0. The zero-order valence-electron chi connectivity index (χ0n) is 39.5. The Morgan fingerprint density at radius 1 is 0.443 bits per heavy atom. The summed E-state index contributed by atoms with van der Waals surface area (Å²) in [5, 5.41) is 0. The van der Waals surface area contributed by atoms with Gasteiger partial charge in [-0.3, -0.25) is 0 Å². The van der Waals surface area contributed by atoms with Crippen molar-refractivity contribution in [2.75, 3.05) is 9.80 Å². The van der Waals surface area contributed by atoms with Crippen molar-refractivity contribution in [2.24, 2.45) is 34.5 Å². The molecule has 2 aliphatic heterocycles. The second-order valence-electron chi connectivity index (χ2n) is 24.9. The van der Waals surface area contributed by atoms with Crippen molar-refractivity contribution in [3.8, 4) is 0 Å². The highest BCUT2D eigenvalue weighted by Gasteiger charge is 2.59. The van der Waals surface area contributed by atoms with Crippen LogP contribution in [0.2, 0.25) is 0 Å². The largest absolute Gasteiger partial charge is 0.311 e. The highest BCUT2D eigenvalue weighted by molar-refractivity contribution is 7.00. The van der Waals surface area contributed by atoms with Gasteiger partial charge in [0.15, 0.2) is 0 Å². The normalized spacial score (nSPS) is 26.3. The fraction of sp³-hybridized carbons (Fsp3) is 0.483. The molecule has 3 heteroatoms. The van der Waals surface area contributed by atoms with Crippen molar-refractivity contribution < 1.29 is 0 Å². The molecule has 6 fully saturated rings. The van der Waals surface area contributed by atoms with Crippen molar-refractivity contribution in [1.82, 2.24) is 0 Å². The third-order valence-corrected chi connectivity index (χ3v) is 18.0. The van der Waals surface area contributed by atoms with Gasteiger partial charge < -0.3 is 9.80 Å². The van der Waals surface area contributed by atoms with Crippen LogP contribution in [0, 0.1) is 34.5 Å². The number of nitrogens with zero attached hydrogens (tertiary/aromatic N) is 2. The summed E-state index contributed by atoms with van der Waals surface area (Å²) in [4.78, 5) is 5.29. The van der Waals surface area contributed by atoms with Crippen LogP contribution in [-0.2, 0) is 16.2 Å². The lowest BCUT2D eigenvalue weighted by Gasteiger charge is -2.46. The lowest BCUT2D eigenvalue weighted by Crippen LogP contribution is -2.61. The van der Waals surface area contributed by atoms with Crippen LogP contribution in [0.5, 0.6) is 0 Å². The minimum Gasteiger partial charge on any atom is -0.311 e. The first-order valence-corrected chi connectivity index (χ1v) is 23.9. The summed E-state index contributed by atoms with van der Waals surface area (Å²) in [6, 6.07) is 39.8. The highest BCUT2D eigenvalue weighted by atomic mass is 15.2. The van der Waals surface area contributed by atoms with Gasteiger partial charge in [0.2, 0.25) is 0 Å². The van der Waals surface area contributed by atoms with Crippen LogP contribution in [0.25, 0.3) is 0 Å². The zero-order valence-corrected chi connectivity index (χ0v) is 39.5. The maximum Gasteiger partial charge on any atom is 0.252 e. The van der Waals surface area contributed by atoms with Crippen LogP contribution >= 0.6 is 0 Å². The molecule has 2 heterocycles. The summed E-state index contributed by atoms with van der Waals surface area (Å²) in [6.45, 7) is 31.5. The molecular formula is C58H69BN2. The van der Waals surface area contributed by atoms with Gasteiger partial charge in [-0.25, -0.2) is 0 Å². The van der Waals surface area contributed by atoms with E-state index in [9.17, 15) is 0 Å². The average Bonchev–Trinajstić information content (AvgIpc) is 3.99. The first kappa shape index (κ1) is 39.6. The highest BCUT2D eigenvalue weighted by Crippen LogP contribution is 2.68. The predicted molar refractivity (Wildman–Crippen MR) is 262 cm³/mol. The van der Waals surface area contributed by atoms with E-state index in [2.05, 4.69) is 197 Å². The van der Waals surface area contributed by atoms with E-state index in [0.29, 0.717) is 22.7 Å². The second kappa shape index (κ2) is 12.7. The van der Waals surface area contributed by atoms with E-state index in [0.717, 1.165) is 23.7 Å². The van der Waals surface area contributed by atoms with Crippen molar-refractivity contribution in [1.29, 1.82) is 0 Å². The molecular weight excluding hydrogens is 735 g/mol. The maximum absolute atomic E-state index is 2.70. The molecule has 0 amide bonds. The zero-order chi connectivity index (χ0) is 42.9. The molecule has 6 saturated carbocycles. The lowest BCUT2D eigenvalue weighted by atomic mass is 9.33. The number of rotatable bonds is 4. The number of hydrogen-bond acceptors (Lipinski definition) is 2. The van der Waals surface area contributed by atoms with Gasteiger partial charge in [0.05, 0.1) is 0 Å². The standard InChI is InChI=1S/C58H69BN2/c1-54(2,3)36-17-22-42(23-18-36)61-50-25-19-37(55(4,5)6)31-48(50)59-47-26-35(44-28-40-30-46(44)58(40,12)13)16-24-49(47)60(51-32-38(56(7,8)9)33-52(61)53(51)59)41-20-14-34(15-21-41)43-27-39-29-45(43)57(39,10)11/h14-26,31-33,39-40,43-46H,27-30H2,1-13H3. The van der Waals surface area contributed by atoms with Crippen LogP contribution in [0.1, 0.15) is 155 Å². The number of fused-ring (bicyclic) bond motifs is 6. The third-order valence-electron chi connectivity index (χ3n) is 18.0. The van der Waals surface area contributed by atoms with Gasteiger partial charge in [-0.1, -0.05) is 139 Å².